The van der Waals surface area contributed by atoms with E-state index < -0.39 is 10.8 Å². The van der Waals surface area contributed by atoms with E-state index in [0.29, 0.717) is 32.6 Å². The smallest absolute Gasteiger partial charge is 0.221 e. The molecule has 8 heteroatoms. The summed E-state index contributed by atoms with van der Waals surface area (Å²) in [5.41, 5.74) is 5.08. The van der Waals surface area contributed by atoms with Gasteiger partial charge in [0.05, 0.1) is 32.8 Å². The van der Waals surface area contributed by atoms with Gasteiger partial charge in [0.1, 0.15) is 0 Å². The van der Waals surface area contributed by atoms with Crippen molar-refractivity contribution in [3.63, 3.8) is 0 Å². The van der Waals surface area contributed by atoms with Crippen LogP contribution >= 0.6 is 11.6 Å². The number of amides is 1. The Morgan fingerprint density at radius 1 is 1.10 bits per heavy atom. The first-order chi connectivity index (χ1) is 14.3. The Hall–Kier alpha value is -3.03. The van der Waals surface area contributed by atoms with Crippen LogP contribution in [0.3, 0.4) is 0 Å². The van der Waals surface area contributed by atoms with Crippen LogP contribution in [0, 0.1) is 6.92 Å². The highest BCUT2D eigenvalue weighted by atomic mass is 35.5. The largest absolute Gasteiger partial charge is 0.326 e. The quantitative estimate of drug-likeness (QED) is 0.500. The van der Waals surface area contributed by atoms with Gasteiger partial charge in [0.25, 0.3) is 0 Å². The van der Waals surface area contributed by atoms with Crippen molar-refractivity contribution in [1.82, 2.24) is 14.6 Å². The van der Waals surface area contributed by atoms with Crippen molar-refractivity contribution in [3.05, 3.63) is 65.3 Å². The Labute approximate surface area is 181 Å². The lowest BCUT2D eigenvalue weighted by Crippen LogP contribution is -2.08. The zero-order chi connectivity index (χ0) is 21.4. The molecule has 0 saturated carbocycles. The van der Waals surface area contributed by atoms with E-state index in [1.54, 1.807) is 16.8 Å². The van der Waals surface area contributed by atoms with Gasteiger partial charge < -0.3 is 5.32 Å². The second-order valence-electron chi connectivity index (χ2n) is 6.90. The molecule has 2 aromatic carbocycles. The van der Waals surface area contributed by atoms with Crippen LogP contribution in [0.4, 0.5) is 5.69 Å². The standard InChI is InChI=1S/C22H19ClN4O2S/c1-13-22(30(3)29)21(16-5-4-6-18(11-16)25-14(2)28)27-20(24-13)12-19(26-27)15-7-9-17(23)10-8-15/h4-12H,1-3H3,(H,25,28). The number of aryl methyl sites for hydroxylation is 1. The summed E-state index contributed by atoms with van der Waals surface area (Å²) in [4.78, 5) is 16.7. The Morgan fingerprint density at radius 2 is 1.83 bits per heavy atom. The fourth-order valence-electron chi connectivity index (χ4n) is 3.41. The number of hydrogen-bond acceptors (Lipinski definition) is 4. The van der Waals surface area contributed by atoms with Crippen molar-refractivity contribution in [2.75, 3.05) is 11.6 Å². The molecule has 0 fully saturated rings. The highest BCUT2D eigenvalue weighted by Gasteiger charge is 2.20. The molecule has 0 aliphatic carbocycles. The van der Waals surface area contributed by atoms with Crippen LogP contribution in [0.2, 0.25) is 5.02 Å². The van der Waals surface area contributed by atoms with Crippen molar-refractivity contribution in [2.45, 2.75) is 18.7 Å². The van der Waals surface area contributed by atoms with E-state index in [0.717, 1.165) is 16.8 Å². The summed E-state index contributed by atoms with van der Waals surface area (Å²) in [6.45, 7) is 3.30. The van der Waals surface area contributed by atoms with Crippen LogP contribution in [0.5, 0.6) is 0 Å². The summed E-state index contributed by atoms with van der Waals surface area (Å²) in [6.07, 6.45) is 1.63. The van der Waals surface area contributed by atoms with Crippen LogP contribution in [-0.4, -0.2) is 31.0 Å². The maximum atomic E-state index is 12.6. The number of hydrogen-bond donors (Lipinski definition) is 1. The third-order valence-electron chi connectivity index (χ3n) is 4.61. The number of fused-ring (bicyclic) bond motifs is 1. The van der Waals surface area contributed by atoms with Gasteiger partial charge >= 0.3 is 0 Å². The van der Waals surface area contributed by atoms with Gasteiger partial charge in [0, 0.05) is 41.1 Å². The van der Waals surface area contributed by atoms with E-state index in [4.69, 9.17) is 16.7 Å². The normalized spacial score (nSPS) is 12.1. The predicted octanol–water partition coefficient (Wildman–Crippen LogP) is 4.72. The lowest BCUT2D eigenvalue weighted by molar-refractivity contribution is -0.114. The monoisotopic (exact) mass is 438 g/mol. The second kappa shape index (κ2) is 8.01. The number of nitrogens with one attached hydrogen (secondary N) is 1. The maximum Gasteiger partial charge on any atom is 0.221 e. The molecule has 0 radical (unpaired) electrons. The van der Waals surface area contributed by atoms with E-state index in [2.05, 4.69) is 10.3 Å². The fourth-order valence-corrected chi connectivity index (χ4v) is 4.48. The van der Waals surface area contributed by atoms with Crippen molar-refractivity contribution in [3.8, 4) is 22.5 Å². The molecule has 0 spiro atoms. The van der Waals surface area contributed by atoms with Gasteiger partial charge in [-0.3, -0.25) is 9.00 Å². The van der Waals surface area contributed by atoms with Gasteiger partial charge in [-0.2, -0.15) is 5.10 Å². The van der Waals surface area contributed by atoms with Crippen molar-refractivity contribution in [1.29, 1.82) is 0 Å². The average Bonchev–Trinajstić information content (AvgIpc) is 3.10. The second-order valence-corrected chi connectivity index (χ2v) is 8.65. The molecular formula is C22H19ClN4O2S. The molecule has 1 N–H and O–H groups in total. The lowest BCUT2D eigenvalue weighted by atomic mass is 10.1. The molecule has 152 valence electrons. The van der Waals surface area contributed by atoms with Crippen molar-refractivity contribution in [2.24, 2.45) is 0 Å². The molecule has 2 aromatic heterocycles. The van der Waals surface area contributed by atoms with Crippen molar-refractivity contribution >= 4 is 39.6 Å². The van der Waals surface area contributed by atoms with Crippen LogP contribution < -0.4 is 5.32 Å². The van der Waals surface area contributed by atoms with E-state index in [9.17, 15) is 9.00 Å². The third kappa shape index (κ3) is 3.86. The van der Waals surface area contributed by atoms with Crippen molar-refractivity contribution < 1.29 is 9.00 Å². The Kier molecular flexibility index (Phi) is 5.40. The fraction of sp³-hybridized carbons (Fsp3) is 0.136. The SMILES string of the molecule is CC(=O)Nc1cccc(-c2c(S(C)=O)c(C)nc3cc(-c4ccc(Cl)cc4)nn23)c1. The molecule has 1 atom stereocenters. The number of halogens is 1. The average molecular weight is 439 g/mol. The van der Waals surface area contributed by atoms with Gasteiger partial charge in [-0.15, -0.1) is 0 Å². The Morgan fingerprint density at radius 3 is 2.50 bits per heavy atom. The number of carbonyl (C=O) groups is 1. The van der Waals surface area contributed by atoms with Crippen LogP contribution in [0.15, 0.2) is 59.5 Å². The molecule has 4 aromatic rings. The van der Waals surface area contributed by atoms with Gasteiger partial charge in [0.15, 0.2) is 5.65 Å². The van der Waals surface area contributed by atoms with Gasteiger partial charge in [-0.1, -0.05) is 35.9 Å². The minimum Gasteiger partial charge on any atom is -0.326 e. The maximum absolute atomic E-state index is 12.6. The van der Waals surface area contributed by atoms with E-state index >= 15 is 0 Å². The first-order valence-electron chi connectivity index (χ1n) is 9.21. The summed E-state index contributed by atoms with van der Waals surface area (Å²) < 4.78 is 14.3. The summed E-state index contributed by atoms with van der Waals surface area (Å²) in [5.74, 6) is -0.161. The first kappa shape index (κ1) is 20.3. The zero-order valence-electron chi connectivity index (χ0n) is 16.6. The minimum absolute atomic E-state index is 0.161. The van der Waals surface area contributed by atoms with E-state index in [-0.39, 0.29) is 5.91 Å². The molecule has 4 rings (SSSR count). The van der Waals surface area contributed by atoms with Crippen LogP contribution in [0.25, 0.3) is 28.2 Å². The predicted molar refractivity (Wildman–Crippen MR) is 120 cm³/mol. The molecule has 1 unspecified atom stereocenters. The summed E-state index contributed by atoms with van der Waals surface area (Å²) >= 11 is 6.01. The molecule has 0 aliphatic rings. The lowest BCUT2D eigenvalue weighted by Gasteiger charge is -2.13. The summed E-state index contributed by atoms with van der Waals surface area (Å²) in [5, 5.41) is 8.19. The highest BCUT2D eigenvalue weighted by molar-refractivity contribution is 7.84. The van der Waals surface area contributed by atoms with Crippen LogP contribution in [-0.2, 0) is 15.6 Å². The van der Waals surface area contributed by atoms with Gasteiger partial charge in [-0.25, -0.2) is 9.50 Å². The molecule has 2 heterocycles. The van der Waals surface area contributed by atoms with Crippen LogP contribution in [0.1, 0.15) is 12.6 Å². The first-order valence-corrected chi connectivity index (χ1v) is 11.1. The minimum atomic E-state index is -1.29. The summed E-state index contributed by atoms with van der Waals surface area (Å²) in [7, 11) is -1.29. The molecule has 1 amide bonds. The Bertz CT molecular complexity index is 1300. The molecular weight excluding hydrogens is 420 g/mol. The summed E-state index contributed by atoms with van der Waals surface area (Å²) in [6, 6.07) is 16.7. The molecule has 30 heavy (non-hydrogen) atoms. The third-order valence-corrected chi connectivity index (χ3v) is 5.93. The zero-order valence-corrected chi connectivity index (χ0v) is 18.2. The van der Waals surface area contributed by atoms with Gasteiger partial charge in [0.2, 0.25) is 5.91 Å². The number of benzene rings is 2. The number of anilines is 1. The number of nitrogens with zero attached hydrogens (tertiary/aromatic N) is 3. The molecule has 0 aliphatic heterocycles. The Balaban J connectivity index is 1.98. The number of aromatic nitrogens is 3. The topological polar surface area (TPSA) is 76.4 Å². The molecule has 0 bridgehead atoms. The number of carbonyl (C=O) groups excluding carboxylic acids is 1. The number of rotatable bonds is 4. The van der Waals surface area contributed by atoms with Gasteiger partial charge in [-0.05, 0) is 31.2 Å². The highest BCUT2D eigenvalue weighted by Crippen LogP contribution is 2.32. The molecule has 0 saturated heterocycles. The van der Waals surface area contributed by atoms with E-state index in [1.807, 2.05) is 55.5 Å². The molecule has 6 nitrogen and oxygen atoms in total. The van der Waals surface area contributed by atoms with E-state index in [1.165, 1.54) is 6.92 Å².